The Labute approximate surface area is 72.5 Å². The van der Waals surface area contributed by atoms with Crippen LogP contribution in [0.3, 0.4) is 0 Å². The van der Waals surface area contributed by atoms with E-state index in [1.165, 1.54) is 0 Å². The number of nitro groups is 1. The maximum Gasteiger partial charge on any atom is 0.210 e. The van der Waals surface area contributed by atoms with Crippen molar-refractivity contribution in [3.63, 3.8) is 0 Å². The van der Waals surface area contributed by atoms with E-state index < -0.39 is 0 Å². The van der Waals surface area contributed by atoms with Crippen molar-refractivity contribution in [3.05, 3.63) is 10.1 Å². The van der Waals surface area contributed by atoms with Gasteiger partial charge in [-0.25, -0.2) is 0 Å². The van der Waals surface area contributed by atoms with Crippen molar-refractivity contribution in [1.29, 1.82) is 0 Å². The molecular weight excluding hydrogens is 156 g/mol. The van der Waals surface area contributed by atoms with Crippen LogP contribution in [0.2, 0.25) is 0 Å². The maximum absolute atomic E-state index is 10.4. The standard InChI is InChI=1S/C8H16N2O2/c1-7(10(11)12)5-8-3-2-4-9-6-8/h7-9H,2-6H2,1H3. The first kappa shape index (κ1) is 9.45. The third-order valence-corrected chi connectivity index (χ3v) is 2.43. The molecule has 0 spiro atoms. The Bertz CT molecular complexity index is 155. The van der Waals surface area contributed by atoms with Crippen LogP contribution in [-0.4, -0.2) is 24.1 Å². The summed E-state index contributed by atoms with van der Waals surface area (Å²) in [5, 5.41) is 13.6. The number of nitrogens with zero attached hydrogens (tertiary/aromatic N) is 1. The van der Waals surface area contributed by atoms with E-state index in [4.69, 9.17) is 0 Å². The van der Waals surface area contributed by atoms with Crippen molar-refractivity contribution in [2.75, 3.05) is 13.1 Å². The minimum absolute atomic E-state index is 0.186. The van der Waals surface area contributed by atoms with Crippen LogP contribution < -0.4 is 5.32 Å². The van der Waals surface area contributed by atoms with Gasteiger partial charge in [0.1, 0.15) is 0 Å². The molecule has 2 atom stereocenters. The lowest BCUT2D eigenvalue weighted by molar-refractivity contribution is -0.520. The number of rotatable bonds is 3. The lowest BCUT2D eigenvalue weighted by atomic mass is 9.93. The second-order valence-electron chi connectivity index (χ2n) is 3.58. The predicted molar refractivity (Wildman–Crippen MR) is 46.7 cm³/mol. The number of nitrogens with one attached hydrogen (secondary N) is 1. The van der Waals surface area contributed by atoms with Gasteiger partial charge in [0.25, 0.3) is 0 Å². The van der Waals surface area contributed by atoms with Crippen molar-refractivity contribution in [1.82, 2.24) is 5.32 Å². The van der Waals surface area contributed by atoms with E-state index in [1.54, 1.807) is 6.92 Å². The smallest absolute Gasteiger partial charge is 0.210 e. The van der Waals surface area contributed by atoms with Crippen molar-refractivity contribution < 1.29 is 4.92 Å². The third kappa shape index (κ3) is 2.77. The molecule has 70 valence electrons. The Kier molecular flexibility index (Phi) is 3.47. The molecule has 1 aliphatic heterocycles. The van der Waals surface area contributed by atoms with Crippen LogP contribution in [0.5, 0.6) is 0 Å². The summed E-state index contributed by atoms with van der Waals surface area (Å²) in [5.41, 5.74) is 0. The first-order valence-corrected chi connectivity index (χ1v) is 4.54. The minimum Gasteiger partial charge on any atom is -0.316 e. The van der Waals surface area contributed by atoms with Gasteiger partial charge in [-0.3, -0.25) is 10.1 Å². The van der Waals surface area contributed by atoms with Gasteiger partial charge in [0, 0.05) is 18.3 Å². The predicted octanol–water partition coefficient (Wildman–Crippen LogP) is 1.04. The first-order chi connectivity index (χ1) is 5.70. The van der Waals surface area contributed by atoms with Crippen molar-refractivity contribution in [2.24, 2.45) is 5.92 Å². The van der Waals surface area contributed by atoms with Crippen LogP contribution >= 0.6 is 0 Å². The van der Waals surface area contributed by atoms with Crippen LogP contribution in [0.25, 0.3) is 0 Å². The van der Waals surface area contributed by atoms with E-state index in [1.807, 2.05) is 0 Å². The SMILES string of the molecule is CC(CC1CCCNC1)[N+](=O)[O-]. The van der Waals surface area contributed by atoms with E-state index in [-0.39, 0.29) is 11.0 Å². The van der Waals surface area contributed by atoms with E-state index in [0.717, 1.165) is 32.4 Å². The topological polar surface area (TPSA) is 55.2 Å². The van der Waals surface area contributed by atoms with Gasteiger partial charge in [-0.1, -0.05) is 0 Å². The summed E-state index contributed by atoms with van der Waals surface area (Å²) in [6.45, 7) is 3.72. The van der Waals surface area contributed by atoms with E-state index in [9.17, 15) is 10.1 Å². The minimum atomic E-state index is -0.380. The third-order valence-electron chi connectivity index (χ3n) is 2.43. The molecule has 1 fully saturated rings. The molecule has 1 saturated heterocycles. The normalized spacial score (nSPS) is 26.6. The summed E-state index contributed by atoms with van der Waals surface area (Å²) in [4.78, 5) is 10.2. The molecule has 1 rings (SSSR count). The summed E-state index contributed by atoms with van der Waals surface area (Å²) in [6, 6.07) is -0.380. The van der Waals surface area contributed by atoms with E-state index in [2.05, 4.69) is 5.32 Å². The summed E-state index contributed by atoms with van der Waals surface area (Å²) < 4.78 is 0. The molecule has 0 amide bonds. The largest absolute Gasteiger partial charge is 0.316 e. The Hall–Kier alpha value is -0.640. The molecule has 2 unspecified atom stereocenters. The molecule has 1 heterocycles. The average Bonchev–Trinajstić information content (AvgIpc) is 2.06. The van der Waals surface area contributed by atoms with E-state index >= 15 is 0 Å². The number of piperidine rings is 1. The van der Waals surface area contributed by atoms with Crippen LogP contribution in [0.1, 0.15) is 26.2 Å². The van der Waals surface area contributed by atoms with Gasteiger partial charge in [0.15, 0.2) is 0 Å². The van der Waals surface area contributed by atoms with Crippen molar-refractivity contribution in [3.8, 4) is 0 Å². The van der Waals surface area contributed by atoms with Gasteiger partial charge in [-0.15, -0.1) is 0 Å². The van der Waals surface area contributed by atoms with Crippen LogP contribution in [-0.2, 0) is 0 Å². The van der Waals surface area contributed by atoms with E-state index in [0.29, 0.717) is 5.92 Å². The van der Waals surface area contributed by atoms with Crippen LogP contribution in [0.4, 0.5) is 0 Å². The lowest BCUT2D eigenvalue weighted by Gasteiger charge is -2.22. The fourth-order valence-corrected chi connectivity index (χ4v) is 1.69. The highest BCUT2D eigenvalue weighted by Gasteiger charge is 2.21. The van der Waals surface area contributed by atoms with Crippen molar-refractivity contribution >= 4 is 0 Å². The van der Waals surface area contributed by atoms with Gasteiger partial charge >= 0.3 is 0 Å². The summed E-state index contributed by atoms with van der Waals surface area (Å²) >= 11 is 0. The molecule has 0 radical (unpaired) electrons. The maximum atomic E-state index is 10.4. The Morgan fingerprint density at radius 1 is 1.75 bits per heavy atom. The second kappa shape index (κ2) is 4.40. The van der Waals surface area contributed by atoms with Crippen LogP contribution in [0, 0.1) is 16.0 Å². The Morgan fingerprint density at radius 3 is 3.00 bits per heavy atom. The fraction of sp³-hybridized carbons (Fsp3) is 1.00. The molecule has 0 aliphatic carbocycles. The highest BCUT2D eigenvalue weighted by molar-refractivity contribution is 4.70. The zero-order valence-corrected chi connectivity index (χ0v) is 7.45. The summed E-state index contributed by atoms with van der Waals surface area (Å²) in [5.74, 6) is 0.513. The molecule has 0 saturated carbocycles. The molecule has 0 bridgehead atoms. The van der Waals surface area contributed by atoms with Gasteiger partial charge < -0.3 is 5.32 Å². The molecule has 1 aliphatic rings. The zero-order chi connectivity index (χ0) is 8.97. The van der Waals surface area contributed by atoms with Crippen LogP contribution in [0.15, 0.2) is 0 Å². The molecule has 0 aromatic heterocycles. The number of hydrogen-bond donors (Lipinski definition) is 1. The van der Waals surface area contributed by atoms with Gasteiger partial charge in [-0.05, 0) is 31.8 Å². The molecule has 0 aromatic carbocycles. The highest BCUT2D eigenvalue weighted by Crippen LogP contribution is 2.16. The summed E-state index contributed by atoms with van der Waals surface area (Å²) in [7, 11) is 0. The van der Waals surface area contributed by atoms with Gasteiger partial charge in [0.05, 0.1) is 0 Å². The quantitative estimate of drug-likeness (QED) is 0.511. The molecule has 4 heteroatoms. The molecule has 0 aromatic rings. The molecular formula is C8H16N2O2. The summed E-state index contributed by atoms with van der Waals surface area (Å²) in [6.07, 6.45) is 3.03. The average molecular weight is 172 g/mol. The van der Waals surface area contributed by atoms with Gasteiger partial charge in [0.2, 0.25) is 6.04 Å². The fourth-order valence-electron chi connectivity index (χ4n) is 1.69. The molecule has 4 nitrogen and oxygen atoms in total. The lowest BCUT2D eigenvalue weighted by Crippen LogP contribution is -2.32. The number of hydrogen-bond acceptors (Lipinski definition) is 3. The second-order valence-corrected chi connectivity index (χ2v) is 3.58. The Balaban J connectivity index is 2.24. The zero-order valence-electron chi connectivity index (χ0n) is 7.45. The van der Waals surface area contributed by atoms with Crippen molar-refractivity contribution in [2.45, 2.75) is 32.2 Å². The first-order valence-electron chi connectivity index (χ1n) is 4.54. The Morgan fingerprint density at radius 2 is 2.50 bits per heavy atom. The monoisotopic (exact) mass is 172 g/mol. The molecule has 1 N–H and O–H groups in total. The molecule has 12 heavy (non-hydrogen) atoms. The highest BCUT2D eigenvalue weighted by atomic mass is 16.6. The van der Waals surface area contributed by atoms with Gasteiger partial charge in [-0.2, -0.15) is 0 Å².